The minimum absolute atomic E-state index is 0.293. The lowest BCUT2D eigenvalue weighted by Crippen LogP contribution is -3.16. The first-order valence-corrected chi connectivity index (χ1v) is 8.55. The molecular weight excluding hydrogens is 320 g/mol. The van der Waals surface area contributed by atoms with Crippen molar-refractivity contribution in [2.24, 2.45) is 0 Å². The number of hydrogen-bond donors (Lipinski definition) is 2. The SMILES string of the molecule is COc1ccc(OC[C@H](O)C[NH+]2CCN(c3ncccn3)CC2)cc1. The number of aromatic nitrogens is 2. The Balaban J connectivity index is 1.39. The number of nitrogens with zero attached hydrogens (tertiary/aromatic N) is 3. The molecule has 134 valence electrons. The Morgan fingerprint density at radius 2 is 1.76 bits per heavy atom. The number of nitrogens with one attached hydrogen (secondary N) is 1. The average molecular weight is 345 g/mol. The van der Waals surface area contributed by atoms with Crippen LogP contribution >= 0.6 is 0 Å². The van der Waals surface area contributed by atoms with E-state index in [-0.39, 0.29) is 0 Å². The van der Waals surface area contributed by atoms with Crippen molar-refractivity contribution in [3.63, 3.8) is 0 Å². The molecule has 2 N–H and O–H groups in total. The third-order valence-corrected chi connectivity index (χ3v) is 4.33. The Hall–Kier alpha value is -2.38. The molecule has 0 unspecified atom stereocenters. The van der Waals surface area contributed by atoms with Crippen molar-refractivity contribution in [1.82, 2.24) is 9.97 Å². The number of benzene rings is 1. The lowest BCUT2D eigenvalue weighted by Gasteiger charge is -2.32. The monoisotopic (exact) mass is 345 g/mol. The lowest BCUT2D eigenvalue weighted by atomic mass is 10.2. The number of quaternary nitrogens is 1. The van der Waals surface area contributed by atoms with Gasteiger partial charge in [0.05, 0.1) is 33.3 Å². The number of anilines is 1. The molecule has 0 spiro atoms. The summed E-state index contributed by atoms with van der Waals surface area (Å²) in [4.78, 5) is 12.1. The quantitative estimate of drug-likeness (QED) is 0.714. The van der Waals surface area contributed by atoms with E-state index >= 15 is 0 Å². The molecule has 25 heavy (non-hydrogen) atoms. The van der Waals surface area contributed by atoms with E-state index < -0.39 is 6.10 Å². The van der Waals surface area contributed by atoms with Crippen LogP contribution in [0, 0.1) is 0 Å². The van der Waals surface area contributed by atoms with Crippen LogP contribution in [0.2, 0.25) is 0 Å². The van der Waals surface area contributed by atoms with E-state index in [1.807, 2.05) is 30.3 Å². The van der Waals surface area contributed by atoms with Gasteiger partial charge < -0.3 is 24.4 Å². The highest BCUT2D eigenvalue weighted by Crippen LogP contribution is 2.16. The smallest absolute Gasteiger partial charge is 0.225 e. The van der Waals surface area contributed by atoms with Gasteiger partial charge in [0.2, 0.25) is 5.95 Å². The zero-order chi connectivity index (χ0) is 17.5. The van der Waals surface area contributed by atoms with Crippen LogP contribution in [-0.4, -0.2) is 67.6 Å². The Morgan fingerprint density at radius 3 is 2.40 bits per heavy atom. The Kier molecular flexibility index (Phi) is 6.03. The van der Waals surface area contributed by atoms with Gasteiger partial charge in [0.15, 0.2) is 0 Å². The summed E-state index contributed by atoms with van der Waals surface area (Å²) in [5, 5.41) is 10.2. The van der Waals surface area contributed by atoms with Gasteiger partial charge in [-0.3, -0.25) is 0 Å². The second kappa shape index (κ2) is 8.64. The maximum absolute atomic E-state index is 10.2. The second-order valence-corrected chi connectivity index (χ2v) is 6.13. The summed E-state index contributed by atoms with van der Waals surface area (Å²) in [5.41, 5.74) is 0. The summed E-state index contributed by atoms with van der Waals surface area (Å²) < 4.78 is 10.8. The largest absolute Gasteiger partial charge is 0.497 e. The first-order chi connectivity index (χ1) is 12.2. The van der Waals surface area contributed by atoms with E-state index in [1.165, 1.54) is 4.90 Å². The van der Waals surface area contributed by atoms with E-state index in [2.05, 4.69) is 14.9 Å². The predicted octanol–water partition coefficient (Wildman–Crippen LogP) is -0.370. The Labute approximate surface area is 147 Å². The molecule has 1 saturated heterocycles. The molecule has 2 heterocycles. The number of piperazine rings is 1. The molecule has 0 saturated carbocycles. The molecule has 1 aliphatic rings. The van der Waals surface area contributed by atoms with Crippen LogP contribution in [0.1, 0.15) is 0 Å². The molecule has 0 radical (unpaired) electrons. The summed E-state index contributed by atoms with van der Waals surface area (Å²) >= 11 is 0. The molecule has 1 aromatic carbocycles. The van der Waals surface area contributed by atoms with Crippen molar-refractivity contribution < 1.29 is 19.5 Å². The van der Waals surface area contributed by atoms with E-state index in [1.54, 1.807) is 19.5 Å². The molecule has 7 heteroatoms. The van der Waals surface area contributed by atoms with Crippen molar-refractivity contribution in [2.45, 2.75) is 6.10 Å². The highest BCUT2D eigenvalue weighted by Gasteiger charge is 2.23. The molecule has 0 amide bonds. The van der Waals surface area contributed by atoms with E-state index in [4.69, 9.17) is 9.47 Å². The van der Waals surface area contributed by atoms with Crippen LogP contribution in [0.15, 0.2) is 42.7 Å². The maximum Gasteiger partial charge on any atom is 0.225 e. The molecule has 3 rings (SSSR count). The van der Waals surface area contributed by atoms with Crippen LogP contribution < -0.4 is 19.3 Å². The number of aliphatic hydroxyl groups excluding tert-OH is 1. The second-order valence-electron chi connectivity index (χ2n) is 6.13. The first kappa shape index (κ1) is 17.4. The Morgan fingerprint density at radius 1 is 1.12 bits per heavy atom. The fourth-order valence-corrected chi connectivity index (χ4v) is 2.94. The number of methoxy groups -OCH3 is 1. The van der Waals surface area contributed by atoms with Gasteiger partial charge in [0.1, 0.15) is 30.8 Å². The molecule has 1 fully saturated rings. The van der Waals surface area contributed by atoms with E-state index in [9.17, 15) is 5.11 Å². The topological polar surface area (TPSA) is 72.2 Å². The molecule has 0 aliphatic carbocycles. The third-order valence-electron chi connectivity index (χ3n) is 4.33. The first-order valence-electron chi connectivity index (χ1n) is 8.55. The van der Waals surface area contributed by atoms with Gasteiger partial charge in [-0.2, -0.15) is 0 Å². The van der Waals surface area contributed by atoms with E-state index in [0.717, 1.165) is 43.6 Å². The summed E-state index contributed by atoms with van der Waals surface area (Å²) in [6.07, 6.45) is 3.04. The van der Waals surface area contributed by atoms with Crippen LogP contribution in [0.4, 0.5) is 5.95 Å². The lowest BCUT2D eigenvalue weighted by molar-refractivity contribution is -0.903. The van der Waals surface area contributed by atoms with Gasteiger partial charge in [-0.15, -0.1) is 0 Å². The highest BCUT2D eigenvalue weighted by molar-refractivity contribution is 5.31. The van der Waals surface area contributed by atoms with Crippen molar-refractivity contribution in [1.29, 1.82) is 0 Å². The number of rotatable bonds is 7. The molecule has 0 bridgehead atoms. The van der Waals surface area contributed by atoms with Gasteiger partial charge in [0, 0.05) is 12.4 Å². The van der Waals surface area contributed by atoms with Crippen LogP contribution in [0.5, 0.6) is 11.5 Å². The summed E-state index contributed by atoms with van der Waals surface area (Å²) in [6.45, 7) is 4.67. The predicted molar refractivity (Wildman–Crippen MR) is 94.3 cm³/mol. The minimum Gasteiger partial charge on any atom is -0.497 e. The minimum atomic E-state index is -0.489. The molecule has 1 aromatic heterocycles. The number of aliphatic hydroxyl groups is 1. The highest BCUT2D eigenvalue weighted by atomic mass is 16.5. The van der Waals surface area contributed by atoms with Gasteiger partial charge in [-0.05, 0) is 30.3 Å². The number of ether oxygens (including phenoxy) is 2. The van der Waals surface area contributed by atoms with Crippen molar-refractivity contribution in [3.05, 3.63) is 42.7 Å². The van der Waals surface area contributed by atoms with Crippen molar-refractivity contribution in [2.75, 3.05) is 51.3 Å². The van der Waals surface area contributed by atoms with Gasteiger partial charge in [0.25, 0.3) is 0 Å². The van der Waals surface area contributed by atoms with Gasteiger partial charge in [-0.1, -0.05) is 0 Å². The maximum atomic E-state index is 10.2. The molecule has 2 aromatic rings. The fourth-order valence-electron chi connectivity index (χ4n) is 2.94. The summed E-state index contributed by atoms with van der Waals surface area (Å²) in [5.74, 6) is 2.31. The van der Waals surface area contributed by atoms with Crippen molar-refractivity contribution in [3.8, 4) is 11.5 Å². The Bertz CT molecular complexity index is 631. The van der Waals surface area contributed by atoms with Crippen LogP contribution in [-0.2, 0) is 0 Å². The average Bonchev–Trinajstić information content (AvgIpc) is 2.68. The third kappa shape index (κ3) is 5.04. The van der Waals surface area contributed by atoms with E-state index in [0.29, 0.717) is 13.2 Å². The molecule has 1 aliphatic heterocycles. The molecule has 1 atom stereocenters. The standard InChI is InChI=1S/C18H24N4O3/c1-24-16-3-5-17(6-4-16)25-14-15(23)13-21-9-11-22(12-10-21)18-19-7-2-8-20-18/h2-8,15,23H,9-14H2,1H3/p+1/t15-/m1/s1. The van der Waals surface area contributed by atoms with Crippen LogP contribution in [0.3, 0.4) is 0 Å². The number of hydrogen-bond acceptors (Lipinski definition) is 6. The summed E-state index contributed by atoms with van der Waals surface area (Å²) in [6, 6.07) is 9.20. The van der Waals surface area contributed by atoms with Gasteiger partial charge in [-0.25, -0.2) is 9.97 Å². The van der Waals surface area contributed by atoms with Crippen LogP contribution in [0.25, 0.3) is 0 Å². The van der Waals surface area contributed by atoms with Gasteiger partial charge >= 0.3 is 0 Å². The zero-order valence-electron chi connectivity index (χ0n) is 14.5. The fraction of sp³-hybridized carbons (Fsp3) is 0.444. The molecular formula is C18H25N4O3+. The van der Waals surface area contributed by atoms with Crippen molar-refractivity contribution >= 4 is 5.95 Å². The molecule has 7 nitrogen and oxygen atoms in total. The summed E-state index contributed by atoms with van der Waals surface area (Å²) in [7, 11) is 1.63. The normalized spacial score (nSPS) is 16.5. The zero-order valence-corrected chi connectivity index (χ0v) is 14.5.